The van der Waals surface area contributed by atoms with E-state index in [1.54, 1.807) is 12.1 Å². The van der Waals surface area contributed by atoms with Crippen molar-refractivity contribution in [2.45, 2.75) is 19.6 Å². The second kappa shape index (κ2) is 8.14. The molecule has 0 aliphatic rings. The largest absolute Gasteiger partial charge is 0.491 e. The molecule has 1 atom stereocenters. The highest BCUT2D eigenvalue weighted by molar-refractivity contribution is 7.17. The summed E-state index contributed by atoms with van der Waals surface area (Å²) in [4.78, 5) is 18.0. The molecule has 1 unspecified atom stereocenters. The number of hydrogen-bond acceptors (Lipinski definition) is 5. The number of ether oxygens (including phenoxy) is 1. The van der Waals surface area contributed by atoms with Crippen molar-refractivity contribution in [1.82, 2.24) is 9.55 Å². The van der Waals surface area contributed by atoms with Crippen LogP contribution < -0.4 is 10.3 Å². The molecule has 2 heterocycles. The quantitative estimate of drug-likeness (QED) is 0.522. The predicted molar refractivity (Wildman–Crippen MR) is 112 cm³/mol. The third-order valence-corrected chi connectivity index (χ3v) is 5.44. The first kappa shape index (κ1) is 19.3. The van der Waals surface area contributed by atoms with Gasteiger partial charge in [-0.15, -0.1) is 11.3 Å². The van der Waals surface area contributed by atoms with Gasteiger partial charge in [-0.3, -0.25) is 9.36 Å². The second-order valence-electron chi connectivity index (χ2n) is 6.82. The molecule has 29 heavy (non-hydrogen) atoms. The zero-order chi connectivity index (χ0) is 20.4. The van der Waals surface area contributed by atoms with Crippen LogP contribution >= 0.6 is 11.3 Å². The molecule has 0 aliphatic carbocycles. The molecular formula is C22H19FN2O3S. The number of halogens is 1. The maximum Gasteiger partial charge on any atom is 0.262 e. The highest BCUT2D eigenvalue weighted by Gasteiger charge is 2.15. The Labute approximate surface area is 170 Å². The van der Waals surface area contributed by atoms with Gasteiger partial charge in [-0.2, -0.15) is 0 Å². The topological polar surface area (TPSA) is 64.3 Å². The smallest absolute Gasteiger partial charge is 0.262 e. The lowest BCUT2D eigenvalue weighted by atomic mass is 10.1. The maximum atomic E-state index is 13.2. The van der Waals surface area contributed by atoms with Gasteiger partial charge in [0.15, 0.2) is 0 Å². The van der Waals surface area contributed by atoms with Crippen molar-refractivity contribution in [3.05, 3.63) is 82.0 Å². The van der Waals surface area contributed by atoms with Gasteiger partial charge >= 0.3 is 0 Å². The van der Waals surface area contributed by atoms with Crippen LogP contribution in [0.15, 0.2) is 65.0 Å². The van der Waals surface area contributed by atoms with Crippen LogP contribution in [-0.2, 0) is 6.54 Å². The third-order valence-electron chi connectivity index (χ3n) is 4.56. The zero-order valence-electron chi connectivity index (χ0n) is 15.7. The molecule has 0 aliphatic heterocycles. The van der Waals surface area contributed by atoms with Crippen LogP contribution in [-0.4, -0.2) is 27.4 Å². The number of fused-ring (bicyclic) bond motifs is 1. The molecule has 5 nitrogen and oxygen atoms in total. The van der Waals surface area contributed by atoms with Crippen molar-refractivity contribution in [2.75, 3.05) is 6.61 Å². The standard InChI is InChI=1S/C22H19FN2O3S/c1-14-3-2-4-18(9-14)28-11-17(26)10-25-13-24-21-20(22(25)27)19(12-29-21)15-5-7-16(23)8-6-15/h2-9,12-13,17,26H,10-11H2,1H3. The Morgan fingerprint density at radius 1 is 1.24 bits per heavy atom. The first-order chi connectivity index (χ1) is 14.0. The van der Waals surface area contributed by atoms with E-state index in [0.717, 1.165) is 11.1 Å². The number of aliphatic hydroxyl groups is 1. The molecule has 4 aromatic rings. The van der Waals surface area contributed by atoms with Gasteiger partial charge in [0.2, 0.25) is 0 Å². The average Bonchev–Trinajstić information content (AvgIpc) is 3.14. The molecule has 2 aromatic carbocycles. The van der Waals surface area contributed by atoms with Crippen LogP contribution in [0.1, 0.15) is 5.56 Å². The fourth-order valence-corrected chi connectivity index (χ4v) is 4.02. The van der Waals surface area contributed by atoms with Crippen molar-refractivity contribution in [2.24, 2.45) is 0 Å². The van der Waals surface area contributed by atoms with Crippen molar-refractivity contribution >= 4 is 21.6 Å². The molecule has 0 saturated heterocycles. The average molecular weight is 410 g/mol. The monoisotopic (exact) mass is 410 g/mol. The van der Waals surface area contributed by atoms with Gasteiger partial charge in [0, 0.05) is 10.9 Å². The molecular weight excluding hydrogens is 391 g/mol. The van der Waals surface area contributed by atoms with E-state index in [0.29, 0.717) is 21.5 Å². The molecule has 7 heteroatoms. The van der Waals surface area contributed by atoms with Crippen LogP contribution in [0, 0.1) is 12.7 Å². The lowest BCUT2D eigenvalue weighted by Gasteiger charge is -2.14. The summed E-state index contributed by atoms with van der Waals surface area (Å²) in [7, 11) is 0. The summed E-state index contributed by atoms with van der Waals surface area (Å²) >= 11 is 1.36. The van der Waals surface area contributed by atoms with Crippen molar-refractivity contribution < 1.29 is 14.2 Å². The SMILES string of the molecule is Cc1cccc(OCC(O)Cn2cnc3scc(-c4ccc(F)cc4)c3c2=O)c1. The number of aromatic nitrogens is 2. The van der Waals surface area contributed by atoms with Crippen molar-refractivity contribution in [1.29, 1.82) is 0 Å². The Kier molecular flexibility index (Phi) is 5.42. The summed E-state index contributed by atoms with van der Waals surface area (Å²) in [5.74, 6) is 0.335. The third kappa shape index (κ3) is 4.21. The van der Waals surface area contributed by atoms with Gasteiger partial charge in [0.1, 0.15) is 29.1 Å². The summed E-state index contributed by atoms with van der Waals surface area (Å²) < 4.78 is 20.2. The number of benzene rings is 2. The summed E-state index contributed by atoms with van der Waals surface area (Å²) in [6, 6.07) is 13.5. The Balaban J connectivity index is 1.56. The molecule has 0 spiro atoms. The van der Waals surface area contributed by atoms with E-state index in [1.165, 1.54) is 34.4 Å². The summed E-state index contributed by atoms with van der Waals surface area (Å²) in [6.45, 7) is 2.08. The van der Waals surface area contributed by atoms with E-state index in [4.69, 9.17) is 4.74 Å². The highest BCUT2D eigenvalue weighted by Crippen LogP contribution is 2.30. The zero-order valence-corrected chi connectivity index (χ0v) is 16.5. The van der Waals surface area contributed by atoms with Crippen LogP contribution in [0.4, 0.5) is 4.39 Å². The number of aliphatic hydroxyl groups excluding tert-OH is 1. The van der Waals surface area contributed by atoms with E-state index in [2.05, 4.69) is 4.98 Å². The molecule has 2 aromatic heterocycles. The van der Waals surface area contributed by atoms with Gasteiger partial charge in [-0.1, -0.05) is 24.3 Å². The molecule has 0 bridgehead atoms. The minimum Gasteiger partial charge on any atom is -0.491 e. The molecule has 0 radical (unpaired) electrons. The van der Waals surface area contributed by atoms with E-state index >= 15 is 0 Å². The number of nitrogens with zero attached hydrogens (tertiary/aromatic N) is 2. The Morgan fingerprint density at radius 3 is 2.79 bits per heavy atom. The molecule has 0 saturated carbocycles. The first-order valence-electron chi connectivity index (χ1n) is 9.11. The lowest BCUT2D eigenvalue weighted by Crippen LogP contribution is -2.30. The fourth-order valence-electron chi connectivity index (χ4n) is 3.12. The van der Waals surface area contributed by atoms with Crippen LogP contribution in [0.2, 0.25) is 0 Å². The van der Waals surface area contributed by atoms with Gasteiger partial charge in [-0.25, -0.2) is 9.37 Å². The molecule has 4 rings (SSSR count). The number of rotatable bonds is 6. The van der Waals surface area contributed by atoms with Gasteiger partial charge in [0.25, 0.3) is 5.56 Å². The Bertz CT molecular complexity index is 1200. The molecule has 0 fully saturated rings. The Hall–Kier alpha value is -3.03. The molecule has 0 amide bonds. The van der Waals surface area contributed by atoms with Gasteiger partial charge in [0.05, 0.1) is 18.3 Å². The lowest BCUT2D eigenvalue weighted by molar-refractivity contribution is 0.0914. The van der Waals surface area contributed by atoms with Crippen LogP contribution in [0.5, 0.6) is 5.75 Å². The first-order valence-corrected chi connectivity index (χ1v) is 9.99. The highest BCUT2D eigenvalue weighted by atomic mass is 32.1. The van der Waals surface area contributed by atoms with Crippen LogP contribution in [0.3, 0.4) is 0 Å². The van der Waals surface area contributed by atoms with Crippen molar-refractivity contribution in [3.63, 3.8) is 0 Å². The number of thiophene rings is 1. The maximum absolute atomic E-state index is 13.2. The van der Waals surface area contributed by atoms with Gasteiger partial charge in [-0.05, 0) is 42.3 Å². The molecule has 1 N–H and O–H groups in total. The van der Waals surface area contributed by atoms with E-state index in [1.807, 2.05) is 36.6 Å². The predicted octanol–water partition coefficient (Wildman–Crippen LogP) is 4.01. The fraction of sp³-hybridized carbons (Fsp3) is 0.182. The Morgan fingerprint density at radius 2 is 2.03 bits per heavy atom. The van der Waals surface area contributed by atoms with Crippen molar-refractivity contribution in [3.8, 4) is 16.9 Å². The van der Waals surface area contributed by atoms with E-state index < -0.39 is 6.10 Å². The normalized spacial score (nSPS) is 12.2. The van der Waals surface area contributed by atoms with E-state index in [-0.39, 0.29) is 24.5 Å². The number of aryl methyl sites for hydroxylation is 1. The van der Waals surface area contributed by atoms with E-state index in [9.17, 15) is 14.3 Å². The minimum absolute atomic E-state index is 0.0579. The number of hydrogen-bond donors (Lipinski definition) is 1. The van der Waals surface area contributed by atoms with Gasteiger partial charge < -0.3 is 9.84 Å². The summed E-state index contributed by atoms with van der Waals surface area (Å²) in [5.41, 5.74) is 2.28. The van der Waals surface area contributed by atoms with Crippen LogP contribution in [0.25, 0.3) is 21.3 Å². The summed E-state index contributed by atoms with van der Waals surface area (Å²) in [6.07, 6.45) is 0.561. The molecule has 148 valence electrons. The minimum atomic E-state index is -0.875. The second-order valence-corrected chi connectivity index (χ2v) is 7.68. The summed E-state index contributed by atoms with van der Waals surface area (Å²) in [5, 5.41) is 12.7.